The normalized spacial score (nSPS) is 15.4. The van der Waals surface area contributed by atoms with Crippen molar-refractivity contribution >= 4 is 34.3 Å². The van der Waals surface area contributed by atoms with Gasteiger partial charge in [0, 0.05) is 6.07 Å². The third-order valence-electron chi connectivity index (χ3n) is 2.83. The van der Waals surface area contributed by atoms with Crippen LogP contribution in [0, 0.1) is 0 Å². The standard InChI is InChI=1S/C7H3Cl2NO.C6H12/c8-4-3-6(9)10-5-1-2-11-7(4)5;1-2-4-6-5-3-1/h1-3H;1-6H2. The Balaban J connectivity index is 0.000000153. The summed E-state index contributed by atoms with van der Waals surface area (Å²) in [6.45, 7) is 0. The van der Waals surface area contributed by atoms with E-state index < -0.39 is 0 Å². The van der Waals surface area contributed by atoms with Crippen LogP contribution >= 0.6 is 23.2 Å². The van der Waals surface area contributed by atoms with Crippen LogP contribution < -0.4 is 0 Å². The molecular weight excluding hydrogens is 257 g/mol. The highest BCUT2D eigenvalue weighted by Gasteiger charge is 2.04. The van der Waals surface area contributed by atoms with E-state index in [1.165, 1.54) is 44.8 Å². The molecule has 1 aliphatic carbocycles. The van der Waals surface area contributed by atoms with E-state index in [1.54, 1.807) is 12.1 Å². The Hall–Kier alpha value is -0.730. The van der Waals surface area contributed by atoms with E-state index in [9.17, 15) is 0 Å². The first-order chi connectivity index (χ1) is 8.27. The molecule has 0 radical (unpaired) electrons. The largest absolute Gasteiger partial charge is 0.461 e. The number of halogens is 2. The Morgan fingerprint density at radius 1 is 1.00 bits per heavy atom. The van der Waals surface area contributed by atoms with E-state index in [0.29, 0.717) is 21.3 Å². The lowest BCUT2D eigenvalue weighted by atomic mass is 10.0. The average Bonchev–Trinajstić information content (AvgIpc) is 2.80. The molecule has 2 aromatic rings. The zero-order chi connectivity index (χ0) is 12.1. The fraction of sp³-hybridized carbons (Fsp3) is 0.462. The first-order valence-corrected chi connectivity index (χ1v) is 6.72. The van der Waals surface area contributed by atoms with Crippen LogP contribution in [0.25, 0.3) is 11.1 Å². The number of nitrogens with zero attached hydrogens (tertiary/aromatic N) is 1. The van der Waals surface area contributed by atoms with Gasteiger partial charge in [-0.2, -0.15) is 0 Å². The summed E-state index contributed by atoms with van der Waals surface area (Å²) >= 11 is 11.4. The Labute approximate surface area is 111 Å². The van der Waals surface area contributed by atoms with Crippen molar-refractivity contribution in [1.29, 1.82) is 0 Å². The third-order valence-corrected chi connectivity index (χ3v) is 3.31. The molecule has 1 saturated carbocycles. The molecule has 2 aromatic heterocycles. The van der Waals surface area contributed by atoms with Gasteiger partial charge in [-0.25, -0.2) is 4.98 Å². The van der Waals surface area contributed by atoms with Crippen LogP contribution in [-0.2, 0) is 0 Å². The summed E-state index contributed by atoms with van der Waals surface area (Å²) in [6, 6.07) is 3.27. The van der Waals surface area contributed by atoms with Gasteiger partial charge in [0.1, 0.15) is 10.7 Å². The first kappa shape index (κ1) is 12.7. The molecule has 0 aromatic carbocycles. The molecular formula is C13H15Cl2NO. The second-order valence-electron chi connectivity index (χ2n) is 4.18. The highest BCUT2D eigenvalue weighted by molar-refractivity contribution is 6.37. The van der Waals surface area contributed by atoms with E-state index in [2.05, 4.69) is 4.98 Å². The molecule has 0 atom stereocenters. The van der Waals surface area contributed by atoms with Crippen molar-refractivity contribution in [3.05, 3.63) is 28.6 Å². The Bertz CT molecular complexity index is 466. The monoisotopic (exact) mass is 271 g/mol. The summed E-state index contributed by atoms with van der Waals surface area (Å²) in [5.74, 6) is 0. The van der Waals surface area contributed by atoms with Gasteiger partial charge in [0.05, 0.1) is 11.3 Å². The molecule has 1 fully saturated rings. The second-order valence-corrected chi connectivity index (χ2v) is 4.98. The maximum absolute atomic E-state index is 5.79. The van der Waals surface area contributed by atoms with Crippen molar-refractivity contribution in [2.24, 2.45) is 0 Å². The molecule has 0 spiro atoms. The average molecular weight is 272 g/mol. The minimum atomic E-state index is 0.379. The highest BCUT2D eigenvalue weighted by atomic mass is 35.5. The van der Waals surface area contributed by atoms with Crippen LogP contribution in [0.5, 0.6) is 0 Å². The number of pyridine rings is 1. The molecule has 0 unspecified atom stereocenters. The predicted octanol–water partition coefficient (Wildman–Crippen LogP) is 5.48. The lowest BCUT2D eigenvalue weighted by Crippen LogP contribution is -1.85. The molecule has 4 heteroatoms. The molecule has 0 aliphatic heterocycles. The number of aromatic nitrogens is 1. The Kier molecular flexibility index (Phi) is 4.69. The lowest BCUT2D eigenvalue weighted by Gasteiger charge is -2.05. The van der Waals surface area contributed by atoms with Crippen molar-refractivity contribution in [3.63, 3.8) is 0 Å². The number of rotatable bonds is 0. The van der Waals surface area contributed by atoms with E-state index in [0.717, 1.165) is 0 Å². The van der Waals surface area contributed by atoms with Crippen LogP contribution in [0.2, 0.25) is 10.2 Å². The van der Waals surface area contributed by atoms with Crippen LogP contribution in [0.15, 0.2) is 22.8 Å². The summed E-state index contributed by atoms with van der Waals surface area (Å²) in [5, 5.41) is 0.869. The van der Waals surface area contributed by atoms with Gasteiger partial charge in [-0.3, -0.25) is 0 Å². The molecule has 17 heavy (non-hydrogen) atoms. The number of hydrogen-bond acceptors (Lipinski definition) is 2. The number of fused-ring (bicyclic) bond motifs is 1. The fourth-order valence-corrected chi connectivity index (χ4v) is 2.45. The van der Waals surface area contributed by atoms with E-state index >= 15 is 0 Å². The fourth-order valence-electron chi connectivity index (χ4n) is 1.95. The molecule has 2 nitrogen and oxygen atoms in total. The van der Waals surface area contributed by atoms with E-state index in [-0.39, 0.29) is 0 Å². The van der Waals surface area contributed by atoms with E-state index in [1.807, 2.05) is 0 Å². The Morgan fingerprint density at radius 3 is 2.18 bits per heavy atom. The van der Waals surface area contributed by atoms with Crippen LogP contribution in [-0.4, -0.2) is 4.98 Å². The van der Waals surface area contributed by atoms with Crippen molar-refractivity contribution in [2.75, 3.05) is 0 Å². The summed E-state index contributed by atoms with van der Waals surface area (Å²) in [4.78, 5) is 3.98. The minimum Gasteiger partial charge on any atom is -0.461 e. The van der Waals surface area contributed by atoms with Gasteiger partial charge in [0.25, 0.3) is 0 Å². The quantitative estimate of drug-likeness (QED) is 0.594. The minimum absolute atomic E-state index is 0.379. The van der Waals surface area contributed by atoms with Gasteiger partial charge in [-0.15, -0.1) is 0 Å². The van der Waals surface area contributed by atoms with Crippen LogP contribution in [0.3, 0.4) is 0 Å². The summed E-state index contributed by atoms with van der Waals surface area (Å²) in [6.07, 6.45) is 10.5. The maximum Gasteiger partial charge on any atom is 0.170 e. The zero-order valence-corrected chi connectivity index (χ0v) is 11.1. The summed E-state index contributed by atoms with van der Waals surface area (Å²) in [7, 11) is 0. The van der Waals surface area contributed by atoms with Gasteiger partial charge < -0.3 is 4.42 Å². The maximum atomic E-state index is 5.79. The van der Waals surface area contributed by atoms with Gasteiger partial charge in [0.15, 0.2) is 5.58 Å². The van der Waals surface area contributed by atoms with Crippen LogP contribution in [0.4, 0.5) is 0 Å². The Morgan fingerprint density at radius 2 is 1.59 bits per heavy atom. The molecule has 92 valence electrons. The zero-order valence-electron chi connectivity index (χ0n) is 9.59. The summed E-state index contributed by atoms with van der Waals surface area (Å²) in [5.41, 5.74) is 1.26. The second kappa shape index (κ2) is 6.27. The van der Waals surface area contributed by atoms with Crippen molar-refractivity contribution in [2.45, 2.75) is 38.5 Å². The summed E-state index contributed by atoms with van der Waals surface area (Å²) < 4.78 is 5.05. The van der Waals surface area contributed by atoms with Crippen molar-refractivity contribution in [1.82, 2.24) is 4.98 Å². The third kappa shape index (κ3) is 3.62. The highest BCUT2D eigenvalue weighted by Crippen LogP contribution is 2.25. The van der Waals surface area contributed by atoms with Crippen molar-refractivity contribution < 1.29 is 4.42 Å². The van der Waals surface area contributed by atoms with E-state index in [4.69, 9.17) is 27.6 Å². The molecule has 1 aliphatic rings. The molecule has 0 N–H and O–H groups in total. The smallest absolute Gasteiger partial charge is 0.170 e. The van der Waals surface area contributed by atoms with Gasteiger partial charge in [-0.1, -0.05) is 61.7 Å². The first-order valence-electron chi connectivity index (χ1n) is 5.96. The topological polar surface area (TPSA) is 26.0 Å². The molecule has 3 rings (SSSR count). The lowest BCUT2D eigenvalue weighted by molar-refractivity contribution is 0.504. The van der Waals surface area contributed by atoms with Gasteiger partial charge in [-0.05, 0) is 6.07 Å². The number of hydrogen-bond donors (Lipinski definition) is 0. The van der Waals surface area contributed by atoms with Crippen LogP contribution in [0.1, 0.15) is 38.5 Å². The number of furan rings is 1. The SMILES string of the molecule is C1CCCCC1.Clc1cc(Cl)c2occc2n1. The molecule has 0 amide bonds. The molecule has 0 saturated heterocycles. The van der Waals surface area contributed by atoms with Gasteiger partial charge >= 0.3 is 0 Å². The molecule has 0 bridgehead atoms. The predicted molar refractivity (Wildman–Crippen MR) is 71.7 cm³/mol. The van der Waals surface area contributed by atoms with Crippen molar-refractivity contribution in [3.8, 4) is 0 Å². The molecule has 2 heterocycles. The van der Waals surface area contributed by atoms with Gasteiger partial charge in [0.2, 0.25) is 0 Å².